The molecule has 0 aliphatic rings. The Morgan fingerprint density at radius 3 is 2.57 bits per heavy atom. The van der Waals surface area contributed by atoms with Gasteiger partial charge >= 0.3 is 0 Å². The highest BCUT2D eigenvalue weighted by Crippen LogP contribution is 2.35. The third-order valence-electron chi connectivity index (χ3n) is 3.52. The van der Waals surface area contributed by atoms with Gasteiger partial charge in [0.25, 0.3) is 0 Å². The number of benzene rings is 2. The number of fused-ring (bicyclic) bond motifs is 1. The maximum atomic E-state index is 6.14. The summed E-state index contributed by atoms with van der Waals surface area (Å²) >= 11 is 0. The van der Waals surface area contributed by atoms with Crippen LogP contribution < -0.4 is 10.5 Å². The summed E-state index contributed by atoms with van der Waals surface area (Å²) in [6.07, 6.45) is 1.74. The first-order valence-corrected chi connectivity index (χ1v) is 7.07. The quantitative estimate of drug-likeness (QED) is 0.704. The van der Waals surface area contributed by atoms with E-state index in [-0.39, 0.29) is 0 Å². The van der Waals surface area contributed by atoms with Crippen LogP contribution in [0.3, 0.4) is 0 Å². The Morgan fingerprint density at radius 1 is 0.952 bits per heavy atom. The number of hydrogen-bond donors (Lipinski definition) is 1. The summed E-state index contributed by atoms with van der Waals surface area (Å²) in [5.41, 5.74) is 8.60. The lowest BCUT2D eigenvalue weighted by atomic mass is 10.0. The van der Waals surface area contributed by atoms with Crippen LogP contribution in [0.1, 0.15) is 25.3 Å². The highest BCUT2D eigenvalue weighted by atomic mass is 16.5. The number of pyridine rings is 1. The molecule has 1 heterocycles. The smallest absolute Gasteiger partial charge is 0.136 e. The largest absolute Gasteiger partial charge is 0.456 e. The first-order valence-electron chi connectivity index (χ1n) is 7.07. The molecule has 0 aliphatic carbocycles. The minimum absolute atomic E-state index is 0.402. The molecule has 0 atom stereocenters. The van der Waals surface area contributed by atoms with Crippen LogP contribution in [0.4, 0.5) is 5.69 Å². The summed E-state index contributed by atoms with van der Waals surface area (Å²) in [5, 5.41) is 0.927. The van der Waals surface area contributed by atoms with E-state index in [2.05, 4.69) is 24.9 Å². The second-order valence-corrected chi connectivity index (χ2v) is 5.35. The molecule has 0 radical (unpaired) electrons. The van der Waals surface area contributed by atoms with Gasteiger partial charge in [-0.15, -0.1) is 0 Å². The van der Waals surface area contributed by atoms with Crippen LogP contribution in [0.5, 0.6) is 11.5 Å². The van der Waals surface area contributed by atoms with Crippen molar-refractivity contribution >= 4 is 16.6 Å². The minimum Gasteiger partial charge on any atom is -0.456 e. The molecule has 21 heavy (non-hydrogen) atoms. The highest BCUT2D eigenvalue weighted by Gasteiger charge is 2.11. The summed E-state index contributed by atoms with van der Waals surface area (Å²) in [6.45, 7) is 4.32. The number of rotatable bonds is 3. The molecular formula is C18H18N2O. The predicted molar refractivity (Wildman–Crippen MR) is 86.8 cm³/mol. The lowest BCUT2D eigenvalue weighted by Gasteiger charge is -2.15. The topological polar surface area (TPSA) is 48.1 Å². The van der Waals surface area contributed by atoms with Crippen molar-refractivity contribution in [1.29, 1.82) is 0 Å². The maximum Gasteiger partial charge on any atom is 0.136 e. The van der Waals surface area contributed by atoms with Gasteiger partial charge in [0.15, 0.2) is 0 Å². The van der Waals surface area contributed by atoms with Crippen molar-refractivity contribution in [3.05, 3.63) is 60.3 Å². The SMILES string of the molecule is CC(C)c1ccccc1Oc1ccc(N)c2ncccc12. The number of anilines is 1. The van der Waals surface area contributed by atoms with Crippen LogP contribution in [-0.2, 0) is 0 Å². The van der Waals surface area contributed by atoms with Crippen LogP contribution in [0.25, 0.3) is 10.9 Å². The molecule has 2 aromatic carbocycles. The minimum atomic E-state index is 0.402. The van der Waals surface area contributed by atoms with E-state index in [4.69, 9.17) is 10.5 Å². The molecule has 106 valence electrons. The summed E-state index contributed by atoms with van der Waals surface area (Å²) in [4.78, 5) is 4.34. The van der Waals surface area contributed by atoms with Gasteiger partial charge in [-0.1, -0.05) is 32.0 Å². The van der Waals surface area contributed by atoms with Gasteiger partial charge in [-0.25, -0.2) is 0 Å². The average molecular weight is 278 g/mol. The van der Waals surface area contributed by atoms with Crippen molar-refractivity contribution in [2.45, 2.75) is 19.8 Å². The van der Waals surface area contributed by atoms with Gasteiger partial charge in [-0.05, 0) is 41.8 Å². The molecule has 0 saturated carbocycles. The Hall–Kier alpha value is -2.55. The fourth-order valence-corrected chi connectivity index (χ4v) is 2.43. The number of para-hydroxylation sites is 1. The normalized spacial score (nSPS) is 11.0. The van der Waals surface area contributed by atoms with Gasteiger partial charge in [0.1, 0.15) is 11.5 Å². The van der Waals surface area contributed by atoms with E-state index in [0.29, 0.717) is 11.6 Å². The van der Waals surface area contributed by atoms with Crippen LogP contribution in [0.15, 0.2) is 54.7 Å². The van der Waals surface area contributed by atoms with Gasteiger partial charge in [0, 0.05) is 11.6 Å². The van der Waals surface area contributed by atoms with Gasteiger partial charge < -0.3 is 10.5 Å². The lowest BCUT2D eigenvalue weighted by Crippen LogP contribution is -1.96. The van der Waals surface area contributed by atoms with E-state index in [1.807, 2.05) is 42.5 Å². The molecule has 0 amide bonds. The van der Waals surface area contributed by atoms with E-state index < -0.39 is 0 Å². The average Bonchev–Trinajstić information content (AvgIpc) is 2.51. The summed E-state index contributed by atoms with van der Waals surface area (Å²) in [6, 6.07) is 15.7. The zero-order valence-corrected chi connectivity index (χ0v) is 12.2. The fraction of sp³-hybridized carbons (Fsp3) is 0.167. The Bertz CT molecular complexity index is 781. The zero-order valence-electron chi connectivity index (χ0n) is 12.2. The summed E-state index contributed by atoms with van der Waals surface area (Å²) < 4.78 is 6.14. The zero-order chi connectivity index (χ0) is 14.8. The predicted octanol–water partition coefficient (Wildman–Crippen LogP) is 4.73. The van der Waals surface area contributed by atoms with Crippen LogP contribution in [-0.4, -0.2) is 4.98 Å². The summed E-state index contributed by atoms with van der Waals surface area (Å²) in [5.74, 6) is 2.06. The number of aromatic nitrogens is 1. The third kappa shape index (κ3) is 2.55. The molecular weight excluding hydrogens is 260 g/mol. The maximum absolute atomic E-state index is 6.14. The monoisotopic (exact) mass is 278 g/mol. The molecule has 2 N–H and O–H groups in total. The molecule has 0 unspecified atom stereocenters. The number of nitrogens with zero attached hydrogens (tertiary/aromatic N) is 1. The van der Waals surface area contributed by atoms with E-state index in [1.165, 1.54) is 5.56 Å². The van der Waals surface area contributed by atoms with Crippen molar-refractivity contribution in [3.8, 4) is 11.5 Å². The van der Waals surface area contributed by atoms with Gasteiger partial charge in [0.05, 0.1) is 11.2 Å². The van der Waals surface area contributed by atoms with Crippen molar-refractivity contribution in [2.75, 3.05) is 5.73 Å². The van der Waals surface area contributed by atoms with Crippen molar-refractivity contribution in [2.24, 2.45) is 0 Å². The van der Waals surface area contributed by atoms with Crippen molar-refractivity contribution in [3.63, 3.8) is 0 Å². The summed E-state index contributed by atoms with van der Waals surface area (Å²) in [7, 11) is 0. The van der Waals surface area contributed by atoms with Crippen molar-refractivity contribution in [1.82, 2.24) is 4.98 Å². The molecule has 0 fully saturated rings. The van der Waals surface area contributed by atoms with E-state index in [1.54, 1.807) is 6.20 Å². The Balaban J connectivity index is 2.09. The van der Waals surface area contributed by atoms with Gasteiger partial charge in [-0.3, -0.25) is 4.98 Å². The molecule has 3 rings (SSSR count). The molecule has 0 saturated heterocycles. The molecule has 3 nitrogen and oxygen atoms in total. The molecule has 0 bridgehead atoms. The first kappa shape index (κ1) is 13.4. The van der Waals surface area contributed by atoms with E-state index >= 15 is 0 Å². The number of nitrogens with two attached hydrogens (primary N) is 1. The number of hydrogen-bond acceptors (Lipinski definition) is 3. The Labute approximate surface area is 124 Å². The molecule has 0 spiro atoms. The Kier molecular flexibility index (Phi) is 3.48. The Morgan fingerprint density at radius 2 is 1.76 bits per heavy atom. The second-order valence-electron chi connectivity index (χ2n) is 5.35. The standard InChI is InChI=1S/C18H18N2O/c1-12(2)13-6-3-4-8-16(13)21-17-10-9-15(19)18-14(17)7-5-11-20-18/h3-12H,19H2,1-2H3. The van der Waals surface area contributed by atoms with Crippen molar-refractivity contribution < 1.29 is 4.74 Å². The van der Waals surface area contributed by atoms with Crippen LogP contribution in [0, 0.1) is 0 Å². The lowest BCUT2D eigenvalue weighted by molar-refractivity contribution is 0.478. The number of nitrogen functional groups attached to an aromatic ring is 1. The fourth-order valence-electron chi connectivity index (χ4n) is 2.43. The molecule has 1 aromatic heterocycles. The number of ether oxygens (including phenoxy) is 1. The molecule has 3 aromatic rings. The van der Waals surface area contributed by atoms with E-state index in [9.17, 15) is 0 Å². The highest BCUT2D eigenvalue weighted by molar-refractivity contribution is 5.93. The second kappa shape index (κ2) is 5.44. The van der Waals surface area contributed by atoms with Gasteiger partial charge in [-0.2, -0.15) is 0 Å². The molecule has 0 aliphatic heterocycles. The van der Waals surface area contributed by atoms with Gasteiger partial charge in [0.2, 0.25) is 0 Å². The third-order valence-corrected chi connectivity index (χ3v) is 3.52. The van der Waals surface area contributed by atoms with Crippen LogP contribution >= 0.6 is 0 Å². The first-order chi connectivity index (χ1) is 10.2. The molecule has 3 heteroatoms. The van der Waals surface area contributed by atoms with Crippen LogP contribution in [0.2, 0.25) is 0 Å². The van der Waals surface area contributed by atoms with E-state index in [0.717, 1.165) is 22.4 Å².